The molecule has 0 amide bonds. The van der Waals surface area contributed by atoms with Crippen LogP contribution in [-0.4, -0.2) is 39.3 Å². The Hall–Kier alpha value is -2.74. The first-order valence-electron chi connectivity index (χ1n) is 7.99. The van der Waals surface area contributed by atoms with Crippen LogP contribution in [-0.2, 0) is 20.9 Å². The summed E-state index contributed by atoms with van der Waals surface area (Å²) in [6.07, 6.45) is 3.72. The van der Waals surface area contributed by atoms with Crippen LogP contribution in [0.2, 0.25) is 5.02 Å². The van der Waals surface area contributed by atoms with E-state index in [2.05, 4.69) is 20.4 Å². The molecule has 0 saturated heterocycles. The van der Waals surface area contributed by atoms with Crippen LogP contribution in [0.25, 0.3) is 0 Å². The molecule has 0 fully saturated rings. The van der Waals surface area contributed by atoms with E-state index < -0.39 is 12.0 Å². The summed E-state index contributed by atoms with van der Waals surface area (Å²) in [6.45, 7) is 3.41. The smallest absolute Gasteiger partial charge is 0.334 e. The molecule has 1 unspecified atom stereocenters. The lowest BCUT2D eigenvalue weighted by Gasteiger charge is -2.19. The van der Waals surface area contributed by atoms with Crippen LogP contribution in [0.3, 0.4) is 0 Å². The predicted octanol–water partition coefficient (Wildman–Crippen LogP) is 3.05. The van der Waals surface area contributed by atoms with Crippen LogP contribution >= 0.6 is 11.6 Å². The third-order valence-corrected chi connectivity index (χ3v) is 3.80. The normalized spacial score (nSPS) is 13.4. The van der Waals surface area contributed by atoms with Crippen molar-refractivity contribution in [2.45, 2.75) is 32.7 Å². The maximum absolute atomic E-state index is 11.6. The second-order valence-corrected chi connectivity index (χ2v) is 5.81. The van der Waals surface area contributed by atoms with E-state index >= 15 is 0 Å². The van der Waals surface area contributed by atoms with Gasteiger partial charge in [-0.15, -0.1) is 0 Å². The Morgan fingerprint density at radius 1 is 1.31 bits per heavy atom. The van der Waals surface area contributed by atoms with E-state index in [0.717, 1.165) is 5.56 Å². The fourth-order valence-electron chi connectivity index (χ4n) is 2.25. The number of carbonyl (C=O) groups is 1. The van der Waals surface area contributed by atoms with Gasteiger partial charge in [-0.25, -0.2) is 14.5 Å². The maximum atomic E-state index is 11.6. The van der Waals surface area contributed by atoms with Gasteiger partial charge in [0.1, 0.15) is 37.2 Å². The van der Waals surface area contributed by atoms with Crippen LogP contribution in [0, 0.1) is 0 Å². The number of rotatable bonds is 8. The zero-order valence-corrected chi connectivity index (χ0v) is 15.6. The monoisotopic (exact) mass is 377 g/mol. The molecule has 2 rings (SSSR count). The first kappa shape index (κ1) is 19.6. The Morgan fingerprint density at radius 2 is 2.04 bits per heavy atom. The minimum Gasteiger partial charge on any atom is -0.399 e. The summed E-state index contributed by atoms with van der Waals surface area (Å²) in [5.74, 6) is -0.448. The molecule has 2 aromatic rings. The molecule has 0 saturated carbocycles. The van der Waals surface area contributed by atoms with Crippen LogP contribution in [0.4, 0.5) is 0 Å². The van der Waals surface area contributed by atoms with E-state index in [1.807, 2.05) is 12.1 Å². The van der Waals surface area contributed by atoms with Gasteiger partial charge in [-0.3, -0.25) is 0 Å². The number of aromatic nitrogens is 3. The van der Waals surface area contributed by atoms with E-state index in [4.69, 9.17) is 21.3 Å². The van der Waals surface area contributed by atoms with E-state index in [-0.39, 0.29) is 6.42 Å². The van der Waals surface area contributed by atoms with Crippen molar-refractivity contribution in [2.75, 3.05) is 7.11 Å². The second kappa shape index (κ2) is 9.67. The van der Waals surface area contributed by atoms with Gasteiger partial charge < -0.3 is 9.68 Å². The number of hydrogen-bond donors (Lipinski definition) is 0. The SMILES string of the molecule is CCC(=O)ON=C(C(C)=NOC)C(Cc1ccc(Cl)cc1)n1cncn1. The summed E-state index contributed by atoms with van der Waals surface area (Å²) >= 11 is 5.96. The molecule has 26 heavy (non-hydrogen) atoms. The Bertz CT molecular complexity index is 772. The van der Waals surface area contributed by atoms with Gasteiger partial charge in [-0.2, -0.15) is 5.10 Å². The largest absolute Gasteiger partial charge is 0.399 e. The number of nitrogens with zero attached hydrogens (tertiary/aromatic N) is 5. The van der Waals surface area contributed by atoms with Crippen LogP contribution in [0.5, 0.6) is 0 Å². The zero-order valence-electron chi connectivity index (χ0n) is 14.8. The standard InChI is InChI=1S/C17H20ClN5O3/c1-4-16(24)26-22-17(12(2)21-25-3)15(23-11-19-10-20-23)9-13-5-7-14(18)8-6-13/h5-8,10-11,15H,4,9H2,1-3H3. The summed E-state index contributed by atoms with van der Waals surface area (Å²) in [5, 5.41) is 12.8. The minimum absolute atomic E-state index is 0.211. The van der Waals surface area contributed by atoms with Gasteiger partial charge in [0.15, 0.2) is 0 Å². The highest BCUT2D eigenvalue weighted by Gasteiger charge is 2.24. The number of benzene rings is 1. The summed E-state index contributed by atoms with van der Waals surface area (Å²) in [4.78, 5) is 25.4. The van der Waals surface area contributed by atoms with Crippen LogP contribution in [0.15, 0.2) is 47.2 Å². The lowest BCUT2D eigenvalue weighted by molar-refractivity contribution is -0.143. The minimum atomic E-state index is -0.448. The van der Waals surface area contributed by atoms with Crippen LogP contribution in [0.1, 0.15) is 31.9 Å². The van der Waals surface area contributed by atoms with Gasteiger partial charge >= 0.3 is 5.97 Å². The Morgan fingerprint density at radius 3 is 2.62 bits per heavy atom. The first-order valence-corrected chi connectivity index (χ1v) is 8.37. The van der Waals surface area contributed by atoms with E-state index in [1.54, 1.807) is 37.0 Å². The molecule has 138 valence electrons. The molecule has 8 nitrogen and oxygen atoms in total. The summed E-state index contributed by atoms with van der Waals surface area (Å²) in [5.41, 5.74) is 1.87. The van der Waals surface area contributed by atoms with Crippen molar-refractivity contribution in [3.63, 3.8) is 0 Å². The maximum Gasteiger partial charge on any atom is 0.334 e. The zero-order chi connectivity index (χ0) is 18.9. The van der Waals surface area contributed by atoms with Crippen molar-refractivity contribution in [2.24, 2.45) is 10.3 Å². The molecule has 0 spiro atoms. The fourth-order valence-corrected chi connectivity index (χ4v) is 2.38. The quantitative estimate of drug-likeness (QED) is 0.400. The van der Waals surface area contributed by atoms with Gasteiger partial charge in [0.2, 0.25) is 0 Å². The van der Waals surface area contributed by atoms with Gasteiger partial charge in [-0.1, -0.05) is 41.0 Å². The molecule has 1 heterocycles. The molecular weight excluding hydrogens is 358 g/mol. The third-order valence-electron chi connectivity index (χ3n) is 3.55. The topological polar surface area (TPSA) is 91.0 Å². The molecule has 0 radical (unpaired) electrons. The van der Waals surface area contributed by atoms with E-state index in [0.29, 0.717) is 22.9 Å². The van der Waals surface area contributed by atoms with Crippen molar-refractivity contribution in [1.29, 1.82) is 0 Å². The molecule has 0 aliphatic heterocycles. The average Bonchev–Trinajstić information content (AvgIpc) is 3.17. The molecule has 1 aromatic heterocycles. The van der Waals surface area contributed by atoms with Crippen molar-refractivity contribution in [1.82, 2.24) is 14.8 Å². The average molecular weight is 378 g/mol. The van der Waals surface area contributed by atoms with Crippen molar-refractivity contribution < 1.29 is 14.5 Å². The highest BCUT2D eigenvalue weighted by atomic mass is 35.5. The van der Waals surface area contributed by atoms with Gasteiger partial charge in [0, 0.05) is 17.9 Å². The fraction of sp³-hybridized carbons (Fsp3) is 0.353. The molecule has 1 atom stereocenters. The van der Waals surface area contributed by atoms with Gasteiger partial charge in [0.05, 0.1) is 0 Å². The van der Waals surface area contributed by atoms with E-state index in [9.17, 15) is 4.79 Å². The molecule has 1 aromatic carbocycles. The third kappa shape index (κ3) is 5.38. The Labute approximate surface area is 156 Å². The van der Waals surface area contributed by atoms with Crippen molar-refractivity contribution >= 4 is 29.0 Å². The number of oxime groups is 2. The Balaban J connectivity index is 2.42. The van der Waals surface area contributed by atoms with Gasteiger partial charge in [0.25, 0.3) is 0 Å². The Kier molecular flexibility index (Phi) is 7.28. The van der Waals surface area contributed by atoms with Crippen LogP contribution < -0.4 is 0 Å². The molecule has 0 aliphatic rings. The van der Waals surface area contributed by atoms with Crippen molar-refractivity contribution in [3.05, 3.63) is 47.5 Å². The molecule has 0 N–H and O–H groups in total. The second-order valence-electron chi connectivity index (χ2n) is 5.37. The lowest BCUT2D eigenvalue weighted by atomic mass is 9.99. The van der Waals surface area contributed by atoms with Gasteiger partial charge in [-0.05, 0) is 24.6 Å². The summed E-state index contributed by atoms with van der Waals surface area (Å²) in [7, 11) is 1.43. The molecule has 9 heteroatoms. The molecule has 0 bridgehead atoms. The lowest BCUT2D eigenvalue weighted by Crippen LogP contribution is -2.28. The van der Waals surface area contributed by atoms with Crippen molar-refractivity contribution in [3.8, 4) is 0 Å². The summed E-state index contributed by atoms with van der Waals surface area (Å²) in [6, 6.07) is 7.02. The van der Waals surface area contributed by atoms with E-state index in [1.165, 1.54) is 13.4 Å². The first-order chi connectivity index (χ1) is 12.5. The highest BCUT2D eigenvalue weighted by Crippen LogP contribution is 2.19. The summed E-state index contributed by atoms with van der Waals surface area (Å²) < 4.78 is 1.63. The number of carbonyl (C=O) groups excluding carboxylic acids is 1. The molecular formula is C17H20ClN5O3. The predicted molar refractivity (Wildman–Crippen MR) is 98.2 cm³/mol. The number of hydrogen-bond acceptors (Lipinski definition) is 7. The highest BCUT2D eigenvalue weighted by molar-refractivity contribution is 6.42. The number of halogens is 1. The molecule has 0 aliphatic carbocycles.